The van der Waals surface area contributed by atoms with E-state index < -0.39 is 0 Å². The van der Waals surface area contributed by atoms with E-state index in [1.165, 1.54) is 0 Å². The predicted molar refractivity (Wildman–Crippen MR) is 67.2 cm³/mol. The van der Waals surface area contributed by atoms with Crippen molar-refractivity contribution in [2.45, 2.75) is 6.54 Å². The summed E-state index contributed by atoms with van der Waals surface area (Å²) in [7, 11) is 0. The highest BCUT2D eigenvalue weighted by molar-refractivity contribution is 9.10. The number of fused-ring (bicyclic) bond motifs is 1. The van der Waals surface area contributed by atoms with E-state index in [1.54, 1.807) is 12.5 Å². The Morgan fingerprint density at radius 2 is 2.41 bits per heavy atom. The number of nitrogens with zero attached hydrogens (tertiary/aromatic N) is 2. The molecule has 0 atom stereocenters. The van der Waals surface area contributed by atoms with Gasteiger partial charge in [-0.1, -0.05) is 0 Å². The molecule has 3 rings (SSSR count). The maximum absolute atomic E-state index is 5.59. The van der Waals surface area contributed by atoms with Crippen LogP contribution in [-0.4, -0.2) is 18.1 Å². The third kappa shape index (κ3) is 2.15. The zero-order valence-electron chi connectivity index (χ0n) is 9.10. The lowest BCUT2D eigenvalue weighted by Gasteiger charge is -2.29. The fourth-order valence-electron chi connectivity index (χ4n) is 1.87. The third-order valence-corrected chi connectivity index (χ3v) is 3.08. The monoisotopic (exact) mass is 294 g/mol. The molecule has 88 valence electrons. The lowest BCUT2D eigenvalue weighted by atomic mass is 10.3. The van der Waals surface area contributed by atoms with Crippen LogP contribution in [-0.2, 0) is 6.54 Å². The minimum Gasteiger partial charge on any atom is -0.488 e. The lowest BCUT2D eigenvalue weighted by Crippen LogP contribution is -2.32. The van der Waals surface area contributed by atoms with Crippen molar-refractivity contribution in [2.24, 2.45) is 0 Å². The van der Waals surface area contributed by atoms with Crippen LogP contribution in [0.5, 0.6) is 5.75 Å². The summed E-state index contributed by atoms with van der Waals surface area (Å²) < 4.78 is 11.9. The van der Waals surface area contributed by atoms with Gasteiger partial charge in [0.15, 0.2) is 11.6 Å². The van der Waals surface area contributed by atoms with Gasteiger partial charge in [-0.2, -0.15) is 0 Å². The summed E-state index contributed by atoms with van der Waals surface area (Å²) in [6.45, 7) is 2.21. The zero-order valence-corrected chi connectivity index (χ0v) is 10.7. The Bertz CT molecular complexity index is 513. The van der Waals surface area contributed by atoms with Gasteiger partial charge in [-0.25, -0.2) is 4.98 Å². The summed E-state index contributed by atoms with van der Waals surface area (Å²) in [4.78, 5) is 6.55. The third-order valence-electron chi connectivity index (χ3n) is 2.64. The average Bonchev–Trinajstić information content (AvgIpc) is 2.82. The standard InChI is InChI=1S/C12H11BrN2O2/c13-9-6-11-12(14-7-9)15(3-5-17-11)8-10-2-1-4-16-10/h1-2,4,6-7H,3,5,8H2. The van der Waals surface area contributed by atoms with Gasteiger partial charge in [-0.05, 0) is 34.1 Å². The molecule has 0 radical (unpaired) electrons. The highest BCUT2D eigenvalue weighted by atomic mass is 79.9. The Morgan fingerprint density at radius 1 is 1.47 bits per heavy atom. The van der Waals surface area contributed by atoms with E-state index in [2.05, 4.69) is 25.8 Å². The summed E-state index contributed by atoms with van der Waals surface area (Å²) in [6.07, 6.45) is 3.47. The molecule has 0 aromatic carbocycles. The van der Waals surface area contributed by atoms with Crippen molar-refractivity contribution < 1.29 is 9.15 Å². The fraction of sp³-hybridized carbons (Fsp3) is 0.250. The lowest BCUT2D eigenvalue weighted by molar-refractivity contribution is 0.302. The SMILES string of the molecule is Brc1cnc2c(c1)OCCN2Cc1ccco1. The fourth-order valence-corrected chi connectivity index (χ4v) is 2.18. The number of anilines is 1. The number of hydrogen-bond donors (Lipinski definition) is 0. The summed E-state index contributed by atoms with van der Waals surface area (Å²) in [6, 6.07) is 5.80. The van der Waals surface area contributed by atoms with Gasteiger partial charge in [0.05, 0.1) is 19.4 Å². The first-order chi connectivity index (χ1) is 8.33. The van der Waals surface area contributed by atoms with E-state index >= 15 is 0 Å². The second-order valence-electron chi connectivity index (χ2n) is 3.82. The van der Waals surface area contributed by atoms with Crippen molar-refractivity contribution in [2.75, 3.05) is 18.1 Å². The minimum atomic E-state index is 0.672. The molecule has 0 saturated heterocycles. The van der Waals surface area contributed by atoms with Crippen LogP contribution in [0.1, 0.15) is 5.76 Å². The second-order valence-corrected chi connectivity index (χ2v) is 4.74. The topological polar surface area (TPSA) is 38.5 Å². The highest BCUT2D eigenvalue weighted by Gasteiger charge is 2.20. The molecule has 2 aromatic heterocycles. The van der Waals surface area contributed by atoms with Crippen molar-refractivity contribution in [3.05, 3.63) is 40.9 Å². The summed E-state index contributed by atoms with van der Waals surface area (Å²) in [5, 5.41) is 0. The second kappa shape index (κ2) is 4.41. The largest absolute Gasteiger partial charge is 0.488 e. The predicted octanol–water partition coefficient (Wildman–Crippen LogP) is 2.84. The molecule has 0 aliphatic carbocycles. The van der Waals surface area contributed by atoms with E-state index in [0.717, 1.165) is 34.9 Å². The molecule has 0 amide bonds. The molecular weight excluding hydrogens is 284 g/mol. The molecule has 2 aromatic rings. The molecule has 0 saturated carbocycles. The number of aromatic nitrogens is 1. The van der Waals surface area contributed by atoms with E-state index in [9.17, 15) is 0 Å². The molecule has 0 spiro atoms. The molecule has 1 aliphatic heterocycles. The first-order valence-electron chi connectivity index (χ1n) is 5.38. The van der Waals surface area contributed by atoms with Crippen LogP contribution in [0.2, 0.25) is 0 Å². The molecule has 17 heavy (non-hydrogen) atoms. The summed E-state index contributed by atoms with van der Waals surface area (Å²) in [5.74, 6) is 2.62. The van der Waals surface area contributed by atoms with Crippen molar-refractivity contribution in [1.29, 1.82) is 0 Å². The highest BCUT2D eigenvalue weighted by Crippen LogP contribution is 2.32. The Balaban J connectivity index is 1.89. The van der Waals surface area contributed by atoms with E-state index in [4.69, 9.17) is 9.15 Å². The van der Waals surface area contributed by atoms with Crippen molar-refractivity contribution in [1.82, 2.24) is 4.98 Å². The van der Waals surface area contributed by atoms with Gasteiger partial charge >= 0.3 is 0 Å². The molecule has 4 nitrogen and oxygen atoms in total. The summed E-state index contributed by atoms with van der Waals surface area (Å²) in [5.41, 5.74) is 0. The van der Waals surface area contributed by atoms with Gasteiger partial charge in [0, 0.05) is 10.7 Å². The number of rotatable bonds is 2. The Morgan fingerprint density at radius 3 is 3.24 bits per heavy atom. The molecule has 5 heteroatoms. The number of pyridine rings is 1. The van der Waals surface area contributed by atoms with Crippen LogP contribution in [0.4, 0.5) is 5.82 Å². The van der Waals surface area contributed by atoms with Crippen LogP contribution in [0.3, 0.4) is 0 Å². The van der Waals surface area contributed by atoms with Crippen molar-refractivity contribution >= 4 is 21.7 Å². The Hall–Kier alpha value is -1.49. The first-order valence-corrected chi connectivity index (χ1v) is 6.18. The zero-order chi connectivity index (χ0) is 11.7. The summed E-state index contributed by atoms with van der Waals surface area (Å²) >= 11 is 3.39. The van der Waals surface area contributed by atoms with Crippen LogP contribution in [0, 0.1) is 0 Å². The van der Waals surface area contributed by atoms with E-state index in [0.29, 0.717) is 6.61 Å². The van der Waals surface area contributed by atoms with Crippen LogP contribution in [0.25, 0.3) is 0 Å². The Kier molecular flexibility index (Phi) is 2.76. The van der Waals surface area contributed by atoms with Crippen molar-refractivity contribution in [3.63, 3.8) is 0 Å². The van der Waals surface area contributed by atoms with Gasteiger partial charge in [-0.15, -0.1) is 0 Å². The molecule has 1 aliphatic rings. The molecular formula is C12H11BrN2O2. The quantitative estimate of drug-likeness (QED) is 0.854. The minimum absolute atomic E-state index is 0.672. The maximum Gasteiger partial charge on any atom is 0.171 e. The number of ether oxygens (including phenoxy) is 1. The molecule has 0 fully saturated rings. The van der Waals surface area contributed by atoms with Gasteiger partial charge in [0.1, 0.15) is 12.4 Å². The first kappa shape index (κ1) is 10.7. The smallest absolute Gasteiger partial charge is 0.171 e. The molecule has 0 unspecified atom stereocenters. The van der Waals surface area contributed by atoms with Gasteiger partial charge < -0.3 is 14.1 Å². The van der Waals surface area contributed by atoms with Crippen LogP contribution < -0.4 is 9.64 Å². The Labute approximate surface area is 107 Å². The van der Waals surface area contributed by atoms with Gasteiger partial charge in [-0.3, -0.25) is 0 Å². The molecule has 3 heterocycles. The van der Waals surface area contributed by atoms with Gasteiger partial charge in [0.25, 0.3) is 0 Å². The maximum atomic E-state index is 5.59. The van der Waals surface area contributed by atoms with Gasteiger partial charge in [0.2, 0.25) is 0 Å². The van der Waals surface area contributed by atoms with Crippen molar-refractivity contribution in [3.8, 4) is 5.75 Å². The number of hydrogen-bond acceptors (Lipinski definition) is 4. The van der Waals surface area contributed by atoms with Crippen LogP contribution in [0.15, 0.2) is 39.5 Å². The van der Waals surface area contributed by atoms with Crippen LogP contribution >= 0.6 is 15.9 Å². The molecule has 0 bridgehead atoms. The number of halogens is 1. The molecule has 0 N–H and O–H groups in total. The van der Waals surface area contributed by atoms with E-state index in [1.807, 2.05) is 18.2 Å². The number of furan rings is 1. The normalized spacial score (nSPS) is 14.3. The van der Waals surface area contributed by atoms with E-state index in [-0.39, 0.29) is 0 Å². The average molecular weight is 295 g/mol.